The van der Waals surface area contributed by atoms with Gasteiger partial charge in [0, 0.05) is 56.7 Å². The van der Waals surface area contributed by atoms with Crippen molar-refractivity contribution in [2.75, 3.05) is 26.9 Å². The van der Waals surface area contributed by atoms with Gasteiger partial charge in [0.05, 0.1) is 9.82 Å². The van der Waals surface area contributed by atoms with E-state index in [1.54, 1.807) is 45.3 Å². The van der Waals surface area contributed by atoms with Crippen molar-refractivity contribution in [2.45, 2.75) is 18.4 Å². The standard InChI is InChI=1S/C20H23N3O6S/c1-5-22(13-14-6-8-15(9-7-14)19(24)21(2)3)20(25)16-10-17(23(26)27)12-18(11-16)30(4,28)29/h6-12H,5,13H2,1-4H3. The molecular formula is C20H23N3O6S. The Morgan fingerprint density at radius 3 is 2.07 bits per heavy atom. The van der Waals surface area contributed by atoms with E-state index in [-0.39, 0.29) is 22.9 Å². The quantitative estimate of drug-likeness (QED) is 0.489. The topological polar surface area (TPSA) is 118 Å². The molecule has 0 aliphatic carbocycles. The van der Waals surface area contributed by atoms with Crippen LogP contribution in [0.5, 0.6) is 0 Å². The highest BCUT2D eigenvalue weighted by molar-refractivity contribution is 7.90. The number of carbonyl (C=O) groups excluding carboxylic acids is 2. The molecule has 0 saturated carbocycles. The van der Waals surface area contributed by atoms with Gasteiger partial charge in [-0.15, -0.1) is 0 Å². The number of nitro benzene ring substituents is 1. The first kappa shape index (κ1) is 23.0. The third-order valence-corrected chi connectivity index (χ3v) is 5.52. The number of amides is 2. The van der Waals surface area contributed by atoms with E-state index in [0.29, 0.717) is 12.1 Å². The van der Waals surface area contributed by atoms with Gasteiger partial charge in [0.1, 0.15) is 0 Å². The number of rotatable bonds is 7. The third kappa shape index (κ3) is 5.41. The smallest absolute Gasteiger partial charge is 0.271 e. The van der Waals surface area contributed by atoms with E-state index >= 15 is 0 Å². The first-order chi connectivity index (χ1) is 13.9. The van der Waals surface area contributed by atoms with Crippen molar-refractivity contribution in [1.29, 1.82) is 0 Å². The highest BCUT2D eigenvalue weighted by atomic mass is 32.2. The summed E-state index contributed by atoms with van der Waals surface area (Å²) in [6, 6.07) is 9.91. The van der Waals surface area contributed by atoms with Crippen molar-refractivity contribution >= 4 is 27.3 Å². The van der Waals surface area contributed by atoms with Crippen LogP contribution < -0.4 is 0 Å². The molecule has 0 saturated heterocycles. The highest BCUT2D eigenvalue weighted by Crippen LogP contribution is 2.22. The second kappa shape index (κ2) is 9.04. The Kier molecular flexibility index (Phi) is 6.93. The lowest BCUT2D eigenvalue weighted by molar-refractivity contribution is -0.385. The van der Waals surface area contributed by atoms with E-state index < -0.39 is 26.4 Å². The van der Waals surface area contributed by atoms with Crippen molar-refractivity contribution in [1.82, 2.24) is 9.80 Å². The molecule has 2 rings (SSSR count). The number of nitrogens with zero attached hydrogens (tertiary/aromatic N) is 3. The summed E-state index contributed by atoms with van der Waals surface area (Å²) in [5.41, 5.74) is 0.721. The number of carbonyl (C=O) groups is 2. The lowest BCUT2D eigenvalue weighted by atomic mass is 10.1. The van der Waals surface area contributed by atoms with Gasteiger partial charge < -0.3 is 9.80 Å². The normalized spacial score (nSPS) is 11.1. The third-order valence-electron chi connectivity index (χ3n) is 4.43. The molecule has 0 bridgehead atoms. The minimum atomic E-state index is -3.74. The van der Waals surface area contributed by atoms with E-state index in [0.717, 1.165) is 30.0 Å². The average molecular weight is 433 g/mol. The largest absolute Gasteiger partial charge is 0.345 e. The molecule has 0 atom stereocenters. The summed E-state index contributed by atoms with van der Waals surface area (Å²) in [6.07, 6.45) is 0.925. The van der Waals surface area contributed by atoms with Crippen LogP contribution in [-0.4, -0.2) is 61.9 Å². The number of non-ortho nitro benzene ring substituents is 1. The van der Waals surface area contributed by atoms with Crippen LogP contribution in [0.2, 0.25) is 0 Å². The molecule has 9 nitrogen and oxygen atoms in total. The highest BCUT2D eigenvalue weighted by Gasteiger charge is 2.22. The maximum absolute atomic E-state index is 12.9. The molecule has 0 aliphatic rings. The summed E-state index contributed by atoms with van der Waals surface area (Å²) in [5, 5.41) is 11.2. The number of sulfone groups is 1. The Balaban J connectivity index is 2.33. The first-order valence-corrected chi connectivity index (χ1v) is 10.9. The van der Waals surface area contributed by atoms with Gasteiger partial charge in [0.2, 0.25) is 0 Å². The zero-order chi connectivity index (χ0) is 22.6. The molecule has 2 amide bonds. The molecule has 0 aliphatic heterocycles. The monoisotopic (exact) mass is 433 g/mol. The molecule has 30 heavy (non-hydrogen) atoms. The number of hydrogen-bond acceptors (Lipinski definition) is 6. The second-order valence-corrected chi connectivity index (χ2v) is 8.98. The van der Waals surface area contributed by atoms with Gasteiger partial charge in [-0.1, -0.05) is 12.1 Å². The second-order valence-electron chi connectivity index (χ2n) is 6.96. The fraction of sp³-hybridized carbons (Fsp3) is 0.300. The minimum Gasteiger partial charge on any atom is -0.345 e. The molecule has 0 heterocycles. The van der Waals surface area contributed by atoms with Crippen LogP contribution in [0.3, 0.4) is 0 Å². The van der Waals surface area contributed by atoms with Gasteiger partial charge in [0.25, 0.3) is 17.5 Å². The summed E-state index contributed by atoms with van der Waals surface area (Å²) >= 11 is 0. The van der Waals surface area contributed by atoms with Crippen molar-refractivity contribution < 1.29 is 22.9 Å². The van der Waals surface area contributed by atoms with Crippen LogP contribution in [-0.2, 0) is 16.4 Å². The SMILES string of the molecule is CCN(Cc1ccc(C(=O)N(C)C)cc1)C(=O)c1cc([N+](=O)[O-])cc(S(C)(=O)=O)c1. The minimum absolute atomic E-state index is 0.0779. The van der Waals surface area contributed by atoms with Crippen molar-refractivity contribution in [3.8, 4) is 0 Å². The van der Waals surface area contributed by atoms with Gasteiger partial charge in [-0.25, -0.2) is 8.42 Å². The van der Waals surface area contributed by atoms with Crippen molar-refractivity contribution in [3.05, 3.63) is 69.3 Å². The molecule has 10 heteroatoms. The molecule has 0 spiro atoms. The van der Waals surface area contributed by atoms with Gasteiger partial charge in [0.15, 0.2) is 9.84 Å². The van der Waals surface area contributed by atoms with Crippen LogP contribution in [0.4, 0.5) is 5.69 Å². The van der Waals surface area contributed by atoms with Crippen LogP contribution in [0.1, 0.15) is 33.2 Å². The van der Waals surface area contributed by atoms with E-state index in [1.165, 1.54) is 9.80 Å². The summed E-state index contributed by atoms with van der Waals surface area (Å²) in [6.45, 7) is 2.24. The van der Waals surface area contributed by atoms with Crippen molar-refractivity contribution in [3.63, 3.8) is 0 Å². The lowest BCUT2D eigenvalue weighted by Gasteiger charge is -2.21. The molecule has 0 fully saturated rings. The molecule has 0 N–H and O–H groups in total. The molecular weight excluding hydrogens is 410 g/mol. The first-order valence-electron chi connectivity index (χ1n) is 9.03. The number of benzene rings is 2. The Labute approximate surface area is 175 Å². The summed E-state index contributed by atoms with van der Waals surface area (Å²) in [4.78, 5) is 38.0. The molecule has 160 valence electrons. The number of nitro groups is 1. The summed E-state index contributed by atoms with van der Waals surface area (Å²) in [7, 11) is -0.437. The zero-order valence-electron chi connectivity index (χ0n) is 17.2. The lowest BCUT2D eigenvalue weighted by Crippen LogP contribution is -2.30. The van der Waals surface area contributed by atoms with Gasteiger partial charge >= 0.3 is 0 Å². The van der Waals surface area contributed by atoms with Crippen LogP contribution >= 0.6 is 0 Å². The predicted molar refractivity (Wildman–Crippen MR) is 111 cm³/mol. The molecule has 0 aromatic heterocycles. The van der Waals surface area contributed by atoms with Crippen molar-refractivity contribution in [2.24, 2.45) is 0 Å². The fourth-order valence-electron chi connectivity index (χ4n) is 2.77. The van der Waals surface area contributed by atoms with Crippen LogP contribution in [0.15, 0.2) is 47.4 Å². The fourth-order valence-corrected chi connectivity index (χ4v) is 3.44. The maximum Gasteiger partial charge on any atom is 0.271 e. The maximum atomic E-state index is 12.9. The Bertz CT molecular complexity index is 1080. The average Bonchev–Trinajstić information content (AvgIpc) is 2.70. The van der Waals surface area contributed by atoms with Crippen LogP contribution in [0, 0.1) is 10.1 Å². The Morgan fingerprint density at radius 1 is 1.00 bits per heavy atom. The van der Waals surface area contributed by atoms with E-state index in [4.69, 9.17) is 0 Å². The molecule has 2 aromatic carbocycles. The van der Waals surface area contributed by atoms with Gasteiger partial charge in [-0.05, 0) is 30.7 Å². The van der Waals surface area contributed by atoms with E-state index in [2.05, 4.69) is 0 Å². The molecule has 2 aromatic rings. The van der Waals surface area contributed by atoms with Gasteiger partial charge in [-0.3, -0.25) is 19.7 Å². The Morgan fingerprint density at radius 2 is 1.60 bits per heavy atom. The van der Waals surface area contributed by atoms with Gasteiger partial charge in [-0.2, -0.15) is 0 Å². The van der Waals surface area contributed by atoms with E-state index in [1.807, 2.05) is 0 Å². The Hall–Kier alpha value is -3.27. The van der Waals surface area contributed by atoms with Crippen LogP contribution in [0.25, 0.3) is 0 Å². The predicted octanol–water partition coefficient (Wildman–Crippen LogP) is 2.36. The number of hydrogen-bond donors (Lipinski definition) is 0. The zero-order valence-corrected chi connectivity index (χ0v) is 18.0. The summed E-state index contributed by atoms with van der Waals surface area (Å²) < 4.78 is 23.7. The molecule has 0 unspecified atom stereocenters. The molecule has 0 radical (unpaired) electrons. The summed E-state index contributed by atoms with van der Waals surface area (Å²) in [5.74, 6) is -0.672. The van der Waals surface area contributed by atoms with E-state index in [9.17, 15) is 28.1 Å².